The molecule has 2 heteroatoms. The summed E-state index contributed by atoms with van der Waals surface area (Å²) in [5.74, 6) is -0.190. The van der Waals surface area contributed by atoms with Gasteiger partial charge in [-0.2, -0.15) is 0 Å². The first kappa shape index (κ1) is 12.2. The Labute approximate surface area is 106 Å². The Morgan fingerprint density at radius 1 is 1.00 bits per heavy atom. The summed E-state index contributed by atoms with van der Waals surface area (Å²) in [7, 11) is 0. The molecule has 0 heterocycles. The number of aryl methyl sites for hydroxylation is 1. The molecule has 0 bridgehead atoms. The van der Waals surface area contributed by atoms with E-state index in [1.165, 1.54) is 17.7 Å². The lowest BCUT2D eigenvalue weighted by Gasteiger charge is -1.94. The van der Waals surface area contributed by atoms with Gasteiger partial charge in [-0.05, 0) is 42.8 Å². The van der Waals surface area contributed by atoms with E-state index in [0.29, 0.717) is 5.56 Å². The van der Waals surface area contributed by atoms with Gasteiger partial charge < -0.3 is 0 Å². The van der Waals surface area contributed by atoms with Crippen molar-refractivity contribution in [3.05, 3.63) is 77.1 Å². The van der Waals surface area contributed by atoms with Gasteiger partial charge in [0.15, 0.2) is 0 Å². The van der Waals surface area contributed by atoms with Crippen LogP contribution >= 0.6 is 0 Å². The first-order chi connectivity index (χ1) is 8.65. The molecule has 2 aromatic carbocycles. The third-order valence-electron chi connectivity index (χ3n) is 2.65. The molecule has 18 heavy (non-hydrogen) atoms. The van der Waals surface area contributed by atoms with Crippen LogP contribution in [0.2, 0.25) is 0 Å². The fraction of sp³-hybridized carbons (Fsp3) is 0.0625. The number of allylic oxidation sites excluding steroid dienone is 1. The summed E-state index contributed by atoms with van der Waals surface area (Å²) in [6.45, 7) is 2.02. The molecule has 0 saturated heterocycles. The zero-order chi connectivity index (χ0) is 13.0. The first-order valence-electron chi connectivity index (χ1n) is 5.72. The average molecular weight is 241 g/mol. The van der Waals surface area contributed by atoms with Crippen LogP contribution < -0.4 is 0 Å². The second-order valence-electron chi connectivity index (χ2n) is 4.14. The van der Waals surface area contributed by atoms with Crippen LogP contribution in [0.25, 0.3) is 6.08 Å². The van der Waals surface area contributed by atoms with Crippen molar-refractivity contribution in [1.29, 1.82) is 0 Å². The van der Waals surface area contributed by atoms with E-state index in [1.54, 1.807) is 18.2 Å². The van der Waals surface area contributed by atoms with E-state index in [1.807, 2.05) is 37.3 Å². The molecule has 2 aromatic rings. The molecule has 0 saturated carbocycles. The van der Waals surface area contributed by atoms with Crippen LogP contribution in [0.5, 0.6) is 0 Å². The van der Waals surface area contributed by atoms with Crippen LogP contribution in [-0.4, -0.2) is 10.6 Å². The summed E-state index contributed by atoms with van der Waals surface area (Å²) in [5, 5.41) is 0. The maximum Gasteiger partial charge on any atom is 0.347 e. The van der Waals surface area contributed by atoms with Crippen LogP contribution in [-0.2, 0) is 0 Å². The molecular formula is C16H14FO+. The summed E-state index contributed by atoms with van der Waals surface area (Å²) in [5.41, 5.74) is 2.80. The van der Waals surface area contributed by atoms with Crippen LogP contribution in [0.3, 0.4) is 0 Å². The van der Waals surface area contributed by atoms with Crippen LogP contribution in [0.15, 0.2) is 54.6 Å². The highest BCUT2D eigenvalue weighted by atomic mass is 19.1. The Kier molecular flexibility index (Phi) is 3.68. The quantitative estimate of drug-likeness (QED) is 0.443. The van der Waals surface area contributed by atoms with Gasteiger partial charge in [0.25, 0.3) is 0 Å². The highest BCUT2D eigenvalue weighted by Gasteiger charge is 2.07. The lowest BCUT2D eigenvalue weighted by molar-refractivity contribution is 0.627. The van der Waals surface area contributed by atoms with Crippen molar-refractivity contribution in [3.63, 3.8) is 0 Å². The van der Waals surface area contributed by atoms with Crippen molar-refractivity contribution < 1.29 is 9.18 Å². The number of halogens is 1. The fourth-order valence-electron chi connectivity index (χ4n) is 1.57. The number of carbonyl (C=O) groups excluding carboxylic acids is 1. The van der Waals surface area contributed by atoms with E-state index in [2.05, 4.69) is 0 Å². The maximum atomic E-state index is 12.7. The minimum atomic E-state index is -0.311. The van der Waals surface area contributed by atoms with Gasteiger partial charge in [-0.15, -0.1) is 0 Å². The first-order valence-corrected chi connectivity index (χ1v) is 5.72. The van der Waals surface area contributed by atoms with E-state index in [-0.39, 0.29) is 11.6 Å². The molecule has 0 radical (unpaired) electrons. The van der Waals surface area contributed by atoms with Crippen molar-refractivity contribution in [2.45, 2.75) is 6.92 Å². The van der Waals surface area contributed by atoms with Gasteiger partial charge in [-0.25, -0.2) is 4.39 Å². The Hall–Kier alpha value is -2.22. The highest BCUT2D eigenvalue weighted by Crippen LogP contribution is 2.08. The van der Waals surface area contributed by atoms with Gasteiger partial charge in [-0.1, -0.05) is 29.8 Å². The standard InChI is InChI=1S/C16H13FO/c1-12-2-4-13(5-3-12)6-11-16(18)14-7-9-15(17)10-8-14/h2-11H,1H3/p+1/b11-6+. The minimum absolute atomic E-state index is 0.121. The zero-order valence-electron chi connectivity index (χ0n) is 10.1. The van der Waals surface area contributed by atoms with Gasteiger partial charge >= 0.3 is 5.78 Å². The lowest BCUT2D eigenvalue weighted by atomic mass is 10.1. The molecule has 90 valence electrons. The fourth-order valence-corrected chi connectivity index (χ4v) is 1.57. The summed E-state index contributed by atoms with van der Waals surface area (Å²) in [6, 6.07) is 13.7. The molecule has 0 fully saturated rings. The predicted molar refractivity (Wildman–Crippen MR) is 72.7 cm³/mol. The van der Waals surface area contributed by atoms with Crippen LogP contribution in [0.1, 0.15) is 16.7 Å². The highest BCUT2D eigenvalue weighted by molar-refractivity contribution is 6.07. The summed E-state index contributed by atoms with van der Waals surface area (Å²) in [6.07, 6.45) is 3.43. The topological polar surface area (TPSA) is 21.4 Å². The third-order valence-corrected chi connectivity index (χ3v) is 2.65. The van der Waals surface area contributed by atoms with Crippen molar-refractivity contribution in [2.75, 3.05) is 0 Å². The second-order valence-corrected chi connectivity index (χ2v) is 4.14. The largest absolute Gasteiger partial charge is 0.347 e. The van der Waals surface area contributed by atoms with Gasteiger partial charge in [0, 0.05) is 6.08 Å². The Balaban J connectivity index is 2.11. The lowest BCUT2D eigenvalue weighted by Crippen LogP contribution is -1.95. The molecule has 0 atom stereocenters. The minimum Gasteiger partial charge on any atom is -0.273 e. The van der Waals surface area contributed by atoms with Gasteiger partial charge in [0.1, 0.15) is 5.82 Å². The number of hydrogen-bond donors (Lipinski definition) is 0. The SMILES string of the molecule is Cc1ccc(/C=C/C(=[OH+])c2ccc(F)cc2)cc1. The van der Waals surface area contributed by atoms with Crippen molar-refractivity contribution in [1.82, 2.24) is 0 Å². The molecule has 0 aliphatic rings. The zero-order valence-corrected chi connectivity index (χ0v) is 10.1. The van der Waals surface area contributed by atoms with E-state index in [9.17, 15) is 9.18 Å². The van der Waals surface area contributed by atoms with Crippen LogP contribution in [0.4, 0.5) is 4.39 Å². The van der Waals surface area contributed by atoms with Gasteiger partial charge in [0.2, 0.25) is 0 Å². The summed E-state index contributed by atoms with van der Waals surface area (Å²) < 4.78 is 12.7. The summed E-state index contributed by atoms with van der Waals surface area (Å²) >= 11 is 0. The monoisotopic (exact) mass is 241 g/mol. The Bertz CT molecular complexity index is 565. The van der Waals surface area contributed by atoms with E-state index in [4.69, 9.17) is 0 Å². The smallest absolute Gasteiger partial charge is 0.273 e. The molecule has 0 spiro atoms. The number of hydrogen-bond acceptors (Lipinski definition) is 0. The number of rotatable bonds is 3. The van der Waals surface area contributed by atoms with Crippen molar-refractivity contribution in [3.8, 4) is 0 Å². The van der Waals surface area contributed by atoms with Gasteiger partial charge in [-0.3, -0.25) is 4.79 Å². The third kappa shape index (κ3) is 3.14. The van der Waals surface area contributed by atoms with Gasteiger partial charge in [0.05, 0.1) is 5.56 Å². The molecule has 0 aliphatic heterocycles. The predicted octanol–water partition coefficient (Wildman–Crippen LogP) is 3.74. The Morgan fingerprint density at radius 2 is 1.61 bits per heavy atom. The van der Waals surface area contributed by atoms with Crippen LogP contribution in [0, 0.1) is 12.7 Å². The normalized spacial score (nSPS) is 10.8. The molecule has 1 N–H and O–H groups in total. The number of ketones is 1. The van der Waals surface area contributed by atoms with Crippen molar-refractivity contribution in [2.24, 2.45) is 0 Å². The second kappa shape index (κ2) is 5.41. The number of benzene rings is 2. The maximum absolute atomic E-state index is 12.7. The molecule has 2 rings (SSSR count). The van der Waals surface area contributed by atoms with E-state index in [0.717, 1.165) is 5.56 Å². The average Bonchev–Trinajstić information content (AvgIpc) is 2.38. The Morgan fingerprint density at radius 3 is 2.22 bits per heavy atom. The summed E-state index contributed by atoms with van der Waals surface area (Å²) in [4.78, 5) is 9.83. The molecule has 0 aliphatic carbocycles. The molecule has 0 amide bonds. The molecule has 0 aromatic heterocycles. The van der Waals surface area contributed by atoms with Crippen molar-refractivity contribution >= 4 is 11.9 Å². The molecule has 0 unspecified atom stereocenters. The van der Waals surface area contributed by atoms with E-state index >= 15 is 0 Å². The molecular weight excluding hydrogens is 227 g/mol. The van der Waals surface area contributed by atoms with E-state index < -0.39 is 0 Å². The molecule has 1 nitrogen and oxygen atoms in total.